The normalized spacial score (nSPS) is 23.5. The Labute approximate surface area is 78.1 Å². The molecule has 1 aromatic heterocycles. The number of nitrogen functional groups attached to an aromatic ring is 1. The van der Waals surface area contributed by atoms with Crippen molar-refractivity contribution in [2.75, 3.05) is 17.2 Å². The van der Waals surface area contributed by atoms with E-state index in [1.54, 1.807) is 0 Å². The summed E-state index contributed by atoms with van der Waals surface area (Å²) in [5.41, 5.74) is 6.84. The molecule has 0 saturated carbocycles. The molecular weight excluding hydrogens is 164 g/mol. The summed E-state index contributed by atoms with van der Waals surface area (Å²) in [6.07, 6.45) is 5.66. The predicted molar refractivity (Wildman–Crippen MR) is 53.7 cm³/mol. The molecule has 4 nitrogen and oxygen atoms in total. The summed E-state index contributed by atoms with van der Waals surface area (Å²) < 4.78 is 0. The maximum absolute atomic E-state index is 5.77. The van der Waals surface area contributed by atoms with Crippen molar-refractivity contribution >= 4 is 11.5 Å². The fourth-order valence-electron chi connectivity index (χ4n) is 1.97. The van der Waals surface area contributed by atoms with Gasteiger partial charge in [0, 0.05) is 12.6 Å². The van der Waals surface area contributed by atoms with Crippen LogP contribution in [0.25, 0.3) is 0 Å². The zero-order valence-corrected chi connectivity index (χ0v) is 7.95. The van der Waals surface area contributed by atoms with Crippen molar-refractivity contribution in [3.05, 3.63) is 6.20 Å². The molecule has 0 aliphatic carbocycles. The van der Waals surface area contributed by atoms with E-state index in [-0.39, 0.29) is 0 Å². The van der Waals surface area contributed by atoms with Crippen molar-refractivity contribution in [2.24, 2.45) is 0 Å². The molecule has 2 heterocycles. The minimum absolute atomic E-state index is 0.591. The van der Waals surface area contributed by atoms with E-state index < -0.39 is 0 Å². The standard InChI is InChI=1S/C9H16N4/c1-7-4-2-3-5-13(7)8-6-11-12-9(8)10/h6-7H,2-5H2,1H3,(H3,10,11,12). The SMILES string of the molecule is CC1CCCCN1c1cn[nH]c1N. The van der Waals surface area contributed by atoms with Gasteiger partial charge in [-0.1, -0.05) is 0 Å². The van der Waals surface area contributed by atoms with Gasteiger partial charge in [-0.05, 0) is 26.2 Å². The summed E-state index contributed by atoms with van der Waals surface area (Å²) in [7, 11) is 0. The Morgan fingerprint density at radius 3 is 3.08 bits per heavy atom. The van der Waals surface area contributed by atoms with Crippen molar-refractivity contribution in [3.8, 4) is 0 Å². The van der Waals surface area contributed by atoms with Crippen LogP contribution in [0, 0.1) is 0 Å². The first-order valence-electron chi connectivity index (χ1n) is 4.84. The molecule has 2 rings (SSSR count). The van der Waals surface area contributed by atoms with Gasteiger partial charge in [-0.25, -0.2) is 0 Å². The van der Waals surface area contributed by atoms with Gasteiger partial charge < -0.3 is 10.6 Å². The summed E-state index contributed by atoms with van der Waals surface area (Å²) in [6, 6.07) is 0.591. The first-order chi connectivity index (χ1) is 6.29. The number of piperidine rings is 1. The fraction of sp³-hybridized carbons (Fsp3) is 0.667. The third kappa shape index (κ3) is 1.48. The minimum atomic E-state index is 0.591. The first kappa shape index (κ1) is 8.41. The van der Waals surface area contributed by atoms with Crippen LogP contribution in [-0.2, 0) is 0 Å². The van der Waals surface area contributed by atoms with Crippen molar-refractivity contribution in [1.29, 1.82) is 0 Å². The molecule has 1 unspecified atom stereocenters. The second-order valence-electron chi connectivity index (χ2n) is 3.71. The Kier molecular flexibility index (Phi) is 2.12. The lowest BCUT2D eigenvalue weighted by molar-refractivity contribution is 0.485. The van der Waals surface area contributed by atoms with Crippen LogP contribution >= 0.6 is 0 Å². The fourth-order valence-corrected chi connectivity index (χ4v) is 1.97. The van der Waals surface area contributed by atoms with E-state index in [0.29, 0.717) is 11.9 Å². The molecular formula is C9H16N4. The smallest absolute Gasteiger partial charge is 0.142 e. The molecule has 1 aliphatic heterocycles. The van der Waals surface area contributed by atoms with E-state index in [9.17, 15) is 0 Å². The Morgan fingerprint density at radius 1 is 1.62 bits per heavy atom. The van der Waals surface area contributed by atoms with Crippen molar-refractivity contribution in [1.82, 2.24) is 10.2 Å². The molecule has 0 spiro atoms. The highest BCUT2D eigenvalue weighted by atomic mass is 15.2. The Morgan fingerprint density at radius 2 is 2.46 bits per heavy atom. The lowest BCUT2D eigenvalue weighted by atomic mass is 10.0. The molecule has 13 heavy (non-hydrogen) atoms. The number of H-pyrrole nitrogens is 1. The number of aromatic amines is 1. The average molecular weight is 180 g/mol. The summed E-state index contributed by atoms with van der Waals surface area (Å²) in [5.74, 6) is 0.689. The largest absolute Gasteiger partial charge is 0.382 e. The topological polar surface area (TPSA) is 57.9 Å². The summed E-state index contributed by atoms with van der Waals surface area (Å²) in [6.45, 7) is 3.34. The average Bonchev–Trinajstić information content (AvgIpc) is 2.52. The van der Waals surface area contributed by atoms with Gasteiger partial charge in [0.1, 0.15) is 5.82 Å². The monoisotopic (exact) mass is 180 g/mol. The van der Waals surface area contributed by atoms with E-state index in [4.69, 9.17) is 5.73 Å². The first-order valence-corrected chi connectivity index (χ1v) is 4.84. The number of aromatic nitrogens is 2. The van der Waals surface area contributed by atoms with Gasteiger partial charge in [0.2, 0.25) is 0 Å². The third-order valence-corrected chi connectivity index (χ3v) is 2.76. The predicted octanol–water partition coefficient (Wildman–Crippen LogP) is 1.37. The zero-order valence-electron chi connectivity index (χ0n) is 7.95. The highest BCUT2D eigenvalue weighted by Gasteiger charge is 2.20. The molecule has 1 atom stereocenters. The Hall–Kier alpha value is -1.19. The molecule has 1 aromatic rings. The molecule has 1 aliphatic rings. The van der Waals surface area contributed by atoms with Crippen LogP contribution < -0.4 is 10.6 Å². The molecule has 0 radical (unpaired) electrons. The van der Waals surface area contributed by atoms with Gasteiger partial charge >= 0.3 is 0 Å². The third-order valence-electron chi connectivity index (χ3n) is 2.76. The van der Waals surface area contributed by atoms with Gasteiger partial charge in [0.25, 0.3) is 0 Å². The maximum Gasteiger partial charge on any atom is 0.142 e. The van der Waals surface area contributed by atoms with Gasteiger partial charge in [-0.15, -0.1) is 0 Å². The maximum atomic E-state index is 5.77. The molecule has 1 saturated heterocycles. The van der Waals surface area contributed by atoms with Crippen LogP contribution in [0.15, 0.2) is 6.20 Å². The van der Waals surface area contributed by atoms with Crippen LogP contribution in [0.1, 0.15) is 26.2 Å². The van der Waals surface area contributed by atoms with Crippen molar-refractivity contribution < 1.29 is 0 Å². The Balaban J connectivity index is 2.19. The second kappa shape index (κ2) is 3.28. The van der Waals surface area contributed by atoms with Gasteiger partial charge in [0.15, 0.2) is 0 Å². The van der Waals surface area contributed by atoms with Gasteiger partial charge in [-0.3, -0.25) is 5.10 Å². The summed E-state index contributed by atoms with van der Waals surface area (Å²) in [4.78, 5) is 2.34. The summed E-state index contributed by atoms with van der Waals surface area (Å²) in [5, 5.41) is 6.71. The van der Waals surface area contributed by atoms with E-state index in [1.807, 2.05) is 6.20 Å². The summed E-state index contributed by atoms with van der Waals surface area (Å²) >= 11 is 0. The number of hydrogen-bond acceptors (Lipinski definition) is 3. The molecule has 72 valence electrons. The number of rotatable bonds is 1. The molecule has 1 fully saturated rings. The number of hydrogen-bond donors (Lipinski definition) is 2. The van der Waals surface area contributed by atoms with Crippen molar-refractivity contribution in [3.63, 3.8) is 0 Å². The molecule has 0 aromatic carbocycles. The number of nitrogens with zero attached hydrogens (tertiary/aromatic N) is 2. The van der Waals surface area contributed by atoms with Crippen LogP contribution in [0.2, 0.25) is 0 Å². The molecule has 0 amide bonds. The van der Waals surface area contributed by atoms with E-state index in [0.717, 1.165) is 12.2 Å². The highest BCUT2D eigenvalue weighted by molar-refractivity contribution is 5.62. The van der Waals surface area contributed by atoms with Gasteiger partial charge in [-0.2, -0.15) is 5.10 Å². The van der Waals surface area contributed by atoms with Crippen LogP contribution in [0.5, 0.6) is 0 Å². The van der Waals surface area contributed by atoms with E-state index in [1.165, 1.54) is 19.3 Å². The van der Waals surface area contributed by atoms with Crippen molar-refractivity contribution in [2.45, 2.75) is 32.2 Å². The quantitative estimate of drug-likeness (QED) is 0.686. The number of nitrogens with two attached hydrogens (primary N) is 1. The van der Waals surface area contributed by atoms with Crippen LogP contribution in [0.3, 0.4) is 0 Å². The van der Waals surface area contributed by atoms with Crippen LogP contribution in [0.4, 0.5) is 11.5 Å². The van der Waals surface area contributed by atoms with E-state index >= 15 is 0 Å². The van der Waals surface area contributed by atoms with E-state index in [2.05, 4.69) is 22.0 Å². The lowest BCUT2D eigenvalue weighted by Gasteiger charge is -2.34. The minimum Gasteiger partial charge on any atom is -0.382 e. The highest BCUT2D eigenvalue weighted by Crippen LogP contribution is 2.27. The van der Waals surface area contributed by atoms with Gasteiger partial charge in [0.05, 0.1) is 11.9 Å². The molecule has 4 heteroatoms. The Bertz CT molecular complexity index is 281. The zero-order chi connectivity index (χ0) is 9.26. The second-order valence-corrected chi connectivity index (χ2v) is 3.71. The molecule has 3 N–H and O–H groups in total. The van der Waals surface area contributed by atoms with Crippen LogP contribution in [-0.4, -0.2) is 22.8 Å². The number of nitrogens with one attached hydrogen (secondary N) is 1. The number of anilines is 2. The molecule has 0 bridgehead atoms. The lowest BCUT2D eigenvalue weighted by Crippen LogP contribution is -2.37.